The lowest BCUT2D eigenvalue weighted by Gasteiger charge is -2.18. The molecule has 1 heterocycles. The number of hydrogen-bond donors (Lipinski definition) is 1. The Hall–Kier alpha value is -3.31. The topological polar surface area (TPSA) is 130 Å². The van der Waals surface area contributed by atoms with E-state index in [1.54, 1.807) is 39.1 Å². The average molecular weight is 431 g/mol. The lowest BCUT2D eigenvalue weighted by atomic mass is 10.2. The van der Waals surface area contributed by atoms with E-state index in [-0.39, 0.29) is 35.2 Å². The summed E-state index contributed by atoms with van der Waals surface area (Å²) in [5.74, 6) is -0.136. The van der Waals surface area contributed by atoms with E-state index in [9.17, 15) is 23.6 Å². The summed E-state index contributed by atoms with van der Waals surface area (Å²) >= 11 is 0. The van der Waals surface area contributed by atoms with Crippen molar-refractivity contribution in [3.05, 3.63) is 52.6 Å². The standard InChI is InChI=1S/C19H21N5O5S/c1-4-23(5-2)30(28,29)13-10-11-15(17(12-13)24(26)27)20-21-18-14-8-6-7-9-16(14)22(3)19(18)25/h6-12,25H,4-5H2,1-3H3. The molecule has 0 aliphatic heterocycles. The summed E-state index contributed by atoms with van der Waals surface area (Å²) in [7, 11) is -2.20. The van der Waals surface area contributed by atoms with E-state index < -0.39 is 20.6 Å². The third kappa shape index (κ3) is 3.64. The van der Waals surface area contributed by atoms with Crippen LogP contribution in [-0.2, 0) is 17.1 Å². The number of para-hydroxylation sites is 1. The number of sulfonamides is 1. The van der Waals surface area contributed by atoms with Gasteiger partial charge in [0.2, 0.25) is 15.9 Å². The minimum absolute atomic E-state index is 0.120. The highest BCUT2D eigenvalue weighted by molar-refractivity contribution is 7.89. The lowest BCUT2D eigenvalue weighted by Crippen LogP contribution is -2.30. The Morgan fingerprint density at radius 3 is 2.43 bits per heavy atom. The molecule has 10 nitrogen and oxygen atoms in total. The summed E-state index contributed by atoms with van der Waals surface area (Å²) in [5.41, 5.74) is 0.277. The molecule has 0 atom stereocenters. The second-order valence-electron chi connectivity index (χ2n) is 6.45. The van der Waals surface area contributed by atoms with Gasteiger partial charge in [-0.3, -0.25) is 10.1 Å². The smallest absolute Gasteiger partial charge is 0.298 e. The number of nitro benzene ring substituents is 1. The SMILES string of the molecule is CCN(CC)S(=O)(=O)c1ccc(N=Nc2c(O)n(C)c3ccccc23)c([N+](=O)[O-])c1. The van der Waals surface area contributed by atoms with E-state index >= 15 is 0 Å². The Morgan fingerprint density at radius 2 is 1.80 bits per heavy atom. The van der Waals surface area contributed by atoms with Crippen LogP contribution in [0.15, 0.2) is 57.6 Å². The quantitative estimate of drug-likeness (QED) is 0.340. The van der Waals surface area contributed by atoms with E-state index in [1.165, 1.54) is 21.0 Å². The maximum Gasteiger partial charge on any atom is 0.298 e. The van der Waals surface area contributed by atoms with Crippen molar-refractivity contribution in [2.75, 3.05) is 13.1 Å². The zero-order valence-electron chi connectivity index (χ0n) is 16.7. The summed E-state index contributed by atoms with van der Waals surface area (Å²) in [6.07, 6.45) is 0. The van der Waals surface area contributed by atoms with Crippen molar-refractivity contribution in [1.82, 2.24) is 8.87 Å². The maximum absolute atomic E-state index is 12.7. The molecule has 0 fully saturated rings. The largest absolute Gasteiger partial charge is 0.493 e. The lowest BCUT2D eigenvalue weighted by molar-refractivity contribution is -0.384. The van der Waals surface area contributed by atoms with Crippen molar-refractivity contribution in [1.29, 1.82) is 0 Å². The number of nitrogens with zero attached hydrogens (tertiary/aromatic N) is 5. The van der Waals surface area contributed by atoms with Crippen LogP contribution >= 0.6 is 0 Å². The van der Waals surface area contributed by atoms with Gasteiger partial charge in [-0.05, 0) is 18.2 Å². The average Bonchev–Trinajstić information content (AvgIpc) is 2.97. The van der Waals surface area contributed by atoms with Crippen LogP contribution in [-0.4, -0.2) is 40.4 Å². The van der Waals surface area contributed by atoms with Crippen LogP contribution < -0.4 is 0 Å². The Morgan fingerprint density at radius 1 is 1.13 bits per heavy atom. The van der Waals surface area contributed by atoms with Gasteiger partial charge in [0.25, 0.3) is 5.69 Å². The van der Waals surface area contributed by atoms with Gasteiger partial charge >= 0.3 is 0 Å². The molecular weight excluding hydrogens is 410 g/mol. The molecule has 2 aromatic carbocycles. The highest BCUT2D eigenvalue weighted by Gasteiger charge is 2.26. The van der Waals surface area contributed by atoms with Crippen molar-refractivity contribution in [3.8, 4) is 5.88 Å². The number of aromatic nitrogens is 1. The number of hydrogen-bond acceptors (Lipinski definition) is 7. The van der Waals surface area contributed by atoms with E-state index in [0.29, 0.717) is 5.39 Å². The molecule has 0 aliphatic rings. The first kappa shape index (κ1) is 21.4. The first-order chi connectivity index (χ1) is 14.2. The molecular formula is C19H21N5O5S. The minimum Gasteiger partial charge on any atom is -0.493 e. The van der Waals surface area contributed by atoms with Gasteiger partial charge in [0, 0.05) is 31.6 Å². The van der Waals surface area contributed by atoms with Crippen LogP contribution in [0.2, 0.25) is 0 Å². The van der Waals surface area contributed by atoms with E-state index in [2.05, 4.69) is 10.2 Å². The van der Waals surface area contributed by atoms with Crippen molar-refractivity contribution >= 4 is 38.0 Å². The molecule has 0 radical (unpaired) electrons. The molecule has 0 aliphatic carbocycles. The molecule has 1 aromatic heterocycles. The van der Waals surface area contributed by atoms with Crippen molar-refractivity contribution in [3.63, 3.8) is 0 Å². The zero-order valence-corrected chi connectivity index (χ0v) is 17.5. The van der Waals surface area contributed by atoms with Gasteiger partial charge in [0.1, 0.15) is 0 Å². The molecule has 0 amide bonds. The molecule has 11 heteroatoms. The molecule has 0 spiro atoms. The number of aromatic hydroxyl groups is 1. The van der Waals surface area contributed by atoms with Crippen LogP contribution in [0.4, 0.5) is 17.1 Å². The summed E-state index contributed by atoms with van der Waals surface area (Å²) in [6.45, 7) is 3.87. The summed E-state index contributed by atoms with van der Waals surface area (Å²) in [6, 6.07) is 10.6. The predicted octanol–water partition coefficient (Wildman–Crippen LogP) is 4.24. The summed E-state index contributed by atoms with van der Waals surface area (Å²) < 4.78 is 28.1. The van der Waals surface area contributed by atoms with Crippen molar-refractivity contribution in [2.24, 2.45) is 17.3 Å². The predicted molar refractivity (Wildman–Crippen MR) is 112 cm³/mol. The van der Waals surface area contributed by atoms with Gasteiger partial charge in [0.15, 0.2) is 11.4 Å². The van der Waals surface area contributed by atoms with Crippen molar-refractivity contribution in [2.45, 2.75) is 18.7 Å². The Kier molecular flexibility index (Phi) is 5.85. The maximum atomic E-state index is 12.7. The van der Waals surface area contributed by atoms with Crippen LogP contribution in [0.1, 0.15) is 13.8 Å². The number of azo groups is 1. The van der Waals surface area contributed by atoms with E-state index in [1.807, 2.05) is 6.07 Å². The molecule has 3 rings (SSSR count). The fourth-order valence-corrected chi connectivity index (χ4v) is 4.65. The first-order valence-electron chi connectivity index (χ1n) is 9.19. The Labute approximate surface area is 173 Å². The zero-order chi connectivity index (χ0) is 22.1. The molecule has 30 heavy (non-hydrogen) atoms. The summed E-state index contributed by atoms with van der Waals surface area (Å²) in [5, 5.41) is 30.5. The number of nitro groups is 1. The fourth-order valence-electron chi connectivity index (χ4n) is 3.17. The monoisotopic (exact) mass is 431 g/mol. The Balaban J connectivity index is 2.08. The van der Waals surface area contributed by atoms with Crippen LogP contribution in [0.5, 0.6) is 5.88 Å². The third-order valence-electron chi connectivity index (χ3n) is 4.79. The van der Waals surface area contributed by atoms with Gasteiger partial charge in [-0.1, -0.05) is 32.0 Å². The molecule has 0 saturated heterocycles. The van der Waals surface area contributed by atoms with Gasteiger partial charge in [-0.25, -0.2) is 8.42 Å². The molecule has 0 saturated carbocycles. The fraction of sp³-hybridized carbons (Fsp3) is 0.263. The van der Waals surface area contributed by atoms with E-state index in [4.69, 9.17) is 0 Å². The molecule has 0 unspecified atom stereocenters. The number of benzene rings is 2. The molecule has 1 N–H and O–H groups in total. The second kappa shape index (κ2) is 8.20. The Bertz CT molecular complexity index is 1250. The van der Waals surface area contributed by atoms with Crippen LogP contribution in [0.3, 0.4) is 0 Å². The number of rotatable bonds is 7. The highest BCUT2D eigenvalue weighted by Crippen LogP contribution is 2.39. The van der Waals surface area contributed by atoms with E-state index in [0.717, 1.165) is 11.6 Å². The molecule has 158 valence electrons. The number of aryl methyl sites for hydroxylation is 1. The van der Waals surface area contributed by atoms with Gasteiger partial charge in [0.05, 0.1) is 15.3 Å². The van der Waals surface area contributed by atoms with Gasteiger partial charge in [-0.2, -0.15) is 4.31 Å². The normalized spacial score (nSPS) is 12.3. The first-order valence-corrected chi connectivity index (χ1v) is 10.6. The summed E-state index contributed by atoms with van der Waals surface area (Å²) in [4.78, 5) is 10.6. The highest BCUT2D eigenvalue weighted by atomic mass is 32.2. The van der Waals surface area contributed by atoms with Gasteiger partial charge < -0.3 is 9.67 Å². The third-order valence-corrected chi connectivity index (χ3v) is 6.84. The van der Waals surface area contributed by atoms with Crippen LogP contribution in [0.25, 0.3) is 10.9 Å². The second-order valence-corrected chi connectivity index (χ2v) is 8.38. The molecule has 3 aromatic rings. The number of fused-ring (bicyclic) bond motifs is 1. The minimum atomic E-state index is -3.86. The van der Waals surface area contributed by atoms with Crippen molar-refractivity contribution < 1.29 is 18.4 Å². The van der Waals surface area contributed by atoms with Gasteiger partial charge in [-0.15, -0.1) is 10.2 Å². The molecule has 0 bridgehead atoms. The van der Waals surface area contributed by atoms with Crippen LogP contribution in [0, 0.1) is 10.1 Å².